The number of para-hydroxylation sites is 1. The van der Waals surface area contributed by atoms with Crippen molar-refractivity contribution in [3.05, 3.63) is 138 Å². The number of carbonyl (C=O) groups excluding carboxylic acids is 3. The zero-order chi connectivity index (χ0) is 49.9. The molecule has 0 bridgehead atoms. The van der Waals surface area contributed by atoms with Crippen LogP contribution in [0.2, 0.25) is 0 Å². The molecule has 1 aromatic heterocycles. The summed E-state index contributed by atoms with van der Waals surface area (Å²) in [6.45, 7) is 7.44. The Hall–Kier alpha value is -7.00. The van der Waals surface area contributed by atoms with Gasteiger partial charge in [0.1, 0.15) is 17.1 Å². The highest BCUT2D eigenvalue weighted by Gasteiger charge is 2.37. The molecule has 368 valence electrons. The average Bonchev–Trinajstić information content (AvgIpc) is 3.79. The summed E-state index contributed by atoms with van der Waals surface area (Å²) < 4.78 is 66.2. The second-order valence-corrected chi connectivity index (χ2v) is 17.7. The third-order valence-corrected chi connectivity index (χ3v) is 12.2. The summed E-state index contributed by atoms with van der Waals surface area (Å²) >= 11 is 1.60. The molecule has 0 unspecified atom stereocenters. The van der Waals surface area contributed by atoms with Crippen molar-refractivity contribution in [2.24, 2.45) is 5.10 Å². The van der Waals surface area contributed by atoms with Crippen LogP contribution in [0.4, 0.5) is 18.3 Å². The Bertz CT molecular complexity index is 2770. The molecular formula is C55H58F3N3O8S. The quantitative estimate of drug-likeness (QED) is 0.0129. The highest BCUT2D eigenvalue weighted by atomic mass is 32.1. The molecule has 15 heteroatoms. The molecule has 0 aliphatic carbocycles. The number of rotatable bonds is 26. The maximum Gasteiger partial charge on any atom is 0.422 e. The van der Waals surface area contributed by atoms with E-state index in [1.165, 1.54) is 64.6 Å². The SMILES string of the molecule is C=C(C(=O)OCCCOc1ccc2cc(C(=O)Oc3ccc(/C=C/C(=O)Oc4ccc(C)cc4/C=N/N(CCCCCCCCCCCC)c4nc5ccccc5s4)cc3OC)ccc2c1)C(F)(F)F. The molecule has 6 rings (SSSR count). The second-order valence-electron chi connectivity index (χ2n) is 16.6. The topological polar surface area (TPSA) is 126 Å². The van der Waals surface area contributed by atoms with E-state index >= 15 is 0 Å². The lowest BCUT2D eigenvalue weighted by Gasteiger charge is -2.16. The minimum absolute atomic E-state index is 0.0818. The molecule has 1 heterocycles. The Morgan fingerprint density at radius 3 is 2.23 bits per heavy atom. The summed E-state index contributed by atoms with van der Waals surface area (Å²) in [6.07, 6.45) is 12.2. The summed E-state index contributed by atoms with van der Waals surface area (Å²) in [5.74, 6) is -1.50. The highest BCUT2D eigenvalue weighted by molar-refractivity contribution is 7.22. The van der Waals surface area contributed by atoms with Gasteiger partial charge in [0.15, 0.2) is 11.5 Å². The number of aromatic nitrogens is 1. The number of hydrazone groups is 1. The molecule has 11 nitrogen and oxygen atoms in total. The molecule has 70 heavy (non-hydrogen) atoms. The number of ether oxygens (including phenoxy) is 5. The van der Waals surface area contributed by atoms with E-state index in [2.05, 4.69) is 24.3 Å². The number of nitrogens with zero attached hydrogens (tertiary/aromatic N) is 3. The number of esters is 3. The van der Waals surface area contributed by atoms with E-state index in [0.29, 0.717) is 29.2 Å². The lowest BCUT2D eigenvalue weighted by Crippen LogP contribution is -2.21. The van der Waals surface area contributed by atoms with Crippen molar-refractivity contribution >= 4 is 67.7 Å². The lowest BCUT2D eigenvalue weighted by atomic mass is 10.1. The number of halogens is 3. The molecule has 0 amide bonds. The van der Waals surface area contributed by atoms with E-state index in [0.717, 1.165) is 44.5 Å². The van der Waals surface area contributed by atoms with Crippen LogP contribution in [0.5, 0.6) is 23.0 Å². The monoisotopic (exact) mass is 977 g/mol. The molecule has 0 aliphatic heterocycles. The fourth-order valence-electron chi connectivity index (χ4n) is 7.31. The number of benzene rings is 5. The first-order valence-corrected chi connectivity index (χ1v) is 24.3. The van der Waals surface area contributed by atoms with Crippen LogP contribution in [0.3, 0.4) is 0 Å². The van der Waals surface area contributed by atoms with Crippen LogP contribution in [0.25, 0.3) is 27.1 Å². The van der Waals surface area contributed by atoms with Gasteiger partial charge in [-0.05, 0) is 96.4 Å². The van der Waals surface area contributed by atoms with Crippen LogP contribution in [0, 0.1) is 6.92 Å². The van der Waals surface area contributed by atoms with Gasteiger partial charge in [0, 0.05) is 24.6 Å². The number of hydrogen-bond acceptors (Lipinski definition) is 12. The lowest BCUT2D eigenvalue weighted by molar-refractivity contribution is -0.150. The smallest absolute Gasteiger partial charge is 0.422 e. The van der Waals surface area contributed by atoms with Gasteiger partial charge in [0.25, 0.3) is 0 Å². The fraction of sp³-hybridized carbons (Fsp3) is 0.327. The Labute approximate surface area is 410 Å². The Morgan fingerprint density at radius 1 is 0.771 bits per heavy atom. The molecule has 0 fully saturated rings. The van der Waals surface area contributed by atoms with Gasteiger partial charge < -0.3 is 23.7 Å². The van der Waals surface area contributed by atoms with Crippen LogP contribution in [-0.2, 0) is 14.3 Å². The van der Waals surface area contributed by atoms with Crippen molar-refractivity contribution in [3.63, 3.8) is 0 Å². The minimum Gasteiger partial charge on any atom is -0.493 e. The number of thiazole rings is 1. The van der Waals surface area contributed by atoms with E-state index in [1.807, 2.05) is 42.3 Å². The third-order valence-electron chi connectivity index (χ3n) is 11.2. The second kappa shape index (κ2) is 26.1. The number of fused-ring (bicyclic) bond motifs is 2. The number of unbranched alkanes of at least 4 members (excludes halogenated alkanes) is 9. The predicted molar refractivity (Wildman–Crippen MR) is 270 cm³/mol. The fourth-order valence-corrected chi connectivity index (χ4v) is 8.26. The molecule has 5 aromatic carbocycles. The van der Waals surface area contributed by atoms with Gasteiger partial charge in [0.05, 0.1) is 42.3 Å². The molecule has 0 aliphatic rings. The number of methoxy groups -OCH3 is 1. The molecule has 0 radical (unpaired) electrons. The number of alkyl halides is 3. The number of anilines is 1. The van der Waals surface area contributed by atoms with Crippen molar-refractivity contribution in [2.75, 3.05) is 31.9 Å². The van der Waals surface area contributed by atoms with Crippen molar-refractivity contribution < 1.29 is 51.2 Å². The maximum atomic E-state index is 13.3. The molecule has 0 atom stereocenters. The van der Waals surface area contributed by atoms with Gasteiger partial charge in [-0.25, -0.2) is 24.4 Å². The van der Waals surface area contributed by atoms with Crippen molar-refractivity contribution in [1.82, 2.24) is 4.98 Å². The predicted octanol–water partition coefficient (Wildman–Crippen LogP) is 13.8. The maximum absolute atomic E-state index is 13.3. The van der Waals surface area contributed by atoms with Crippen LogP contribution in [-0.4, -0.2) is 62.2 Å². The normalized spacial score (nSPS) is 11.6. The van der Waals surface area contributed by atoms with Gasteiger partial charge >= 0.3 is 24.1 Å². The van der Waals surface area contributed by atoms with Gasteiger partial charge in [-0.3, -0.25) is 0 Å². The van der Waals surface area contributed by atoms with Gasteiger partial charge in [-0.2, -0.15) is 18.3 Å². The summed E-state index contributed by atoms with van der Waals surface area (Å²) in [6, 6.07) is 28.6. The molecule has 0 spiro atoms. The molecule has 0 N–H and O–H groups in total. The highest BCUT2D eigenvalue weighted by Crippen LogP contribution is 2.32. The Morgan fingerprint density at radius 2 is 1.49 bits per heavy atom. The number of hydrogen-bond donors (Lipinski definition) is 0. The largest absolute Gasteiger partial charge is 0.493 e. The Balaban J connectivity index is 1.03. The van der Waals surface area contributed by atoms with E-state index in [9.17, 15) is 27.6 Å². The molecule has 0 saturated heterocycles. The van der Waals surface area contributed by atoms with E-state index in [1.54, 1.807) is 84.3 Å². The molecular weight excluding hydrogens is 920 g/mol. The van der Waals surface area contributed by atoms with Crippen molar-refractivity contribution in [3.8, 4) is 23.0 Å². The average molecular weight is 978 g/mol. The Kier molecular flexibility index (Phi) is 19.5. The number of carbonyl (C=O) groups is 3. The van der Waals surface area contributed by atoms with E-state index in [-0.39, 0.29) is 36.7 Å². The van der Waals surface area contributed by atoms with Crippen LogP contribution < -0.4 is 24.0 Å². The van der Waals surface area contributed by atoms with Crippen molar-refractivity contribution in [1.29, 1.82) is 0 Å². The zero-order valence-electron chi connectivity index (χ0n) is 39.7. The summed E-state index contributed by atoms with van der Waals surface area (Å²) in [5.41, 5.74) is 1.84. The third kappa shape index (κ3) is 15.8. The zero-order valence-corrected chi connectivity index (χ0v) is 40.5. The summed E-state index contributed by atoms with van der Waals surface area (Å²) in [4.78, 5) is 42.9. The van der Waals surface area contributed by atoms with Crippen LogP contribution >= 0.6 is 11.3 Å². The summed E-state index contributed by atoms with van der Waals surface area (Å²) in [5, 5.41) is 9.13. The van der Waals surface area contributed by atoms with Crippen molar-refractivity contribution in [2.45, 2.75) is 90.7 Å². The van der Waals surface area contributed by atoms with Crippen LogP contribution in [0.15, 0.2) is 120 Å². The van der Waals surface area contributed by atoms with E-state index in [4.69, 9.17) is 29.0 Å². The van der Waals surface area contributed by atoms with Crippen LogP contribution in [0.1, 0.15) is 105 Å². The van der Waals surface area contributed by atoms with Gasteiger partial charge in [0.2, 0.25) is 5.13 Å². The first kappa shape index (κ1) is 52.4. The van der Waals surface area contributed by atoms with Gasteiger partial charge in [-0.15, -0.1) is 0 Å². The molecule has 0 saturated carbocycles. The number of aryl methyl sites for hydroxylation is 1. The van der Waals surface area contributed by atoms with Gasteiger partial charge in [-0.1, -0.05) is 125 Å². The minimum atomic E-state index is -4.85. The standard InChI is InChI=1S/C55H58F3N3O8S/c1-5-6-7-8-9-10-11-12-13-16-30-61(54-60-46-18-14-15-19-50(46)70-54)59-37-44-33-38(2)20-27-47(44)68-51(62)29-22-40-21-28-48(49(34-40)65-4)69-53(64)43-24-23-42-36-45(26-25-41(42)35-43)66-31-17-32-67-52(63)39(3)55(56,57)58/h14-15,18-29,33-37H,3,5-13,16-17,30-32H2,1-2,4H3/b29-22+,59-37+. The van der Waals surface area contributed by atoms with E-state index < -0.39 is 29.7 Å². The first-order valence-electron chi connectivity index (χ1n) is 23.5. The molecule has 6 aromatic rings. The first-order chi connectivity index (χ1) is 33.8. The summed E-state index contributed by atoms with van der Waals surface area (Å²) in [7, 11) is 1.44.